The van der Waals surface area contributed by atoms with Crippen molar-refractivity contribution in [1.82, 2.24) is 0 Å². The molecule has 0 aliphatic heterocycles. The smallest absolute Gasteiger partial charge is 0.374 e. The van der Waals surface area contributed by atoms with Crippen molar-refractivity contribution < 1.29 is 13.9 Å². The second kappa shape index (κ2) is 8.35. The van der Waals surface area contributed by atoms with Crippen LogP contribution in [0.4, 0.5) is 0 Å². The van der Waals surface area contributed by atoms with Crippen LogP contribution in [0.3, 0.4) is 0 Å². The van der Waals surface area contributed by atoms with Gasteiger partial charge in [0.05, 0.1) is 13.2 Å². The molecule has 130 valence electrons. The highest BCUT2D eigenvalue weighted by Crippen LogP contribution is 2.21. The number of hydrogen-bond acceptors (Lipinski definition) is 4. The monoisotopic (exact) mass is 358 g/mol. The van der Waals surface area contributed by atoms with Crippen LogP contribution in [0.1, 0.15) is 28.6 Å². The molecule has 0 amide bonds. The zero-order valence-electron chi connectivity index (χ0n) is 13.8. The van der Waals surface area contributed by atoms with Gasteiger partial charge in [-0.3, -0.25) is 4.99 Å². The van der Waals surface area contributed by atoms with Gasteiger partial charge in [-0.15, -0.1) is 12.4 Å². The van der Waals surface area contributed by atoms with Crippen molar-refractivity contribution in [2.45, 2.75) is 13.5 Å². The van der Waals surface area contributed by atoms with Crippen LogP contribution in [0.2, 0.25) is 0 Å². The third-order valence-electron chi connectivity index (χ3n) is 3.56. The van der Waals surface area contributed by atoms with E-state index in [0.29, 0.717) is 24.6 Å². The van der Waals surface area contributed by atoms with E-state index in [4.69, 9.17) is 14.9 Å². The molecule has 0 aliphatic rings. The van der Waals surface area contributed by atoms with Crippen LogP contribution in [0.15, 0.2) is 64.0 Å². The van der Waals surface area contributed by atoms with E-state index in [9.17, 15) is 4.79 Å². The largest absolute Gasteiger partial charge is 0.460 e. The highest BCUT2D eigenvalue weighted by molar-refractivity contribution is 6.01. The number of esters is 1. The average molecular weight is 359 g/mol. The standard InChI is InChI=1S/C19H18N2O3.ClH/c1-2-23-19(22)17-11-15-10-14(8-9-16(15)24-17)18(20)21-12-13-6-4-3-5-7-13;/h3-11H,2,12H2,1H3,(H2,20,21);1H. The van der Waals surface area contributed by atoms with E-state index in [1.165, 1.54) is 0 Å². The Labute approximate surface area is 151 Å². The molecule has 0 bridgehead atoms. The minimum Gasteiger partial charge on any atom is -0.460 e. The molecule has 0 saturated carbocycles. The second-order valence-electron chi connectivity index (χ2n) is 5.27. The fourth-order valence-electron chi connectivity index (χ4n) is 2.36. The van der Waals surface area contributed by atoms with E-state index in [-0.39, 0.29) is 18.2 Å². The summed E-state index contributed by atoms with van der Waals surface area (Å²) < 4.78 is 10.4. The Morgan fingerprint density at radius 2 is 1.92 bits per heavy atom. The van der Waals surface area contributed by atoms with Crippen LogP contribution in [-0.2, 0) is 11.3 Å². The van der Waals surface area contributed by atoms with Gasteiger partial charge < -0.3 is 14.9 Å². The number of aliphatic imine (C=N–C) groups is 1. The molecule has 1 aromatic heterocycles. The maximum Gasteiger partial charge on any atom is 0.374 e. The van der Waals surface area contributed by atoms with Gasteiger partial charge in [0, 0.05) is 10.9 Å². The zero-order chi connectivity index (χ0) is 16.9. The summed E-state index contributed by atoms with van der Waals surface area (Å²) in [5, 5.41) is 0.786. The summed E-state index contributed by atoms with van der Waals surface area (Å²) in [5.74, 6) is 0.157. The molecule has 5 nitrogen and oxygen atoms in total. The lowest BCUT2D eigenvalue weighted by atomic mass is 10.1. The minimum absolute atomic E-state index is 0. The number of furan rings is 1. The van der Waals surface area contributed by atoms with Crippen molar-refractivity contribution >= 4 is 35.2 Å². The van der Waals surface area contributed by atoms with E-state index in [1.807, 2.05) is 42.5 Å². The maximum atomic E-state index is 11.7. The first kappa shape index (κ1) is 18.5. The summed E-state index contributed by atoms with van der Waals surface area (Å²) >= 11 is 0. The third kappa shape index (κ3) is 4.39. The van der Waals surface area contributed by atoms with Crippen LogP contribution in [-0.4, -0.2) is 18.4 Å². The fraction of sp³-hybridized carbons (Fsp3) is 0.158. The Kier molecular flexibility index (Phi) is 6.19. The third-order valence-corrected chi connectivity index (χ3v) is 3.56. The molecular formula is C19H19ClN2O3. The molecule has 0 radical (unpaired) electrons. The molecule has 0 spiro atoms. The molecule has 0 unspecified atom stereocenters. The predicted octanol–water partition coefficient (Wildman–Crippen LogP) is 3.94. The second-order valence-corrected chi connectivity index (χ2v) is 5.27. The van der Waals surface area contributed by atoms with Crippen LogP contribution < -0.4 is 5.73 Å². The molecular weight excluding hydrogens is 340 g/mol. The summed E-state index contributed by atoms with van der Waals surface area (Å²) in [4.78, 5) is 16.1. The highest BCUT2D eigenvalue weighted by atomic mass is 35.5. The Bertz CT molecular complexity index is 888. The molecule has 0 aliphatic carbocycles. The number of hydrogen-bond donors (Lipinski definition) is 1. The maximum absolute atomic E-state index is 11.7. The number of rotatable bonds is 5. The van der Waals surface area contributed by atoms with E-state index in [0.717, 1.165) is 16.5 Å². The fourth-order valence-corrected chi connectivity index (χ4v) is 2.36. The Hall–Kier alpha value is -2.79. The van der Waals surface area contributed by atoms with Crippen LogP contribution in [0.25, 0.3) is 11.0 Å². The van der Waals surface area contributed by atoms with Crippen LogP contribution in [0, 0.1) is 0 Å². The summed E-state index contributed by atoms with van der Waals surface area (Å²) in [6, 6.07) is 17.0. The Morgan fingerprint density at radius 1 is 1.16 bits per heavy atom. The average Bonchev–Trinajstić information content (AvgIpc) is 3.04. The van der Waals surface area contributed by atoms with Crippen molar-refractivity contribution in [3.05, 3.63) is 71.5 Å². The van der Waals surface area contributed by atoms with Gasteiger partial charge in [-0.2, -0.15) is 0 Å². The topological polar surface area (TPSA) is 77.8 Å². The van der Waals surface area contributed by atoms with Gasteiger partial charge in [-0.25, -0.2) is 4.79 Å². The number of carbonyl (C=O) groups excluding carboxylic acids is 1. The number of benzene rings is 2. The first-order valence-electron chi connectivity index (χ1n) is 7.72. The van der Waals surface area contributed by atoms with Crippen molar-refractivity contribution in [1.29, 1.82) is 0 Å². The van der Waals surface area contributed by atoms with Gasteiger partial charge in [-0.05, 0) is 36.8 Å². The number of fused-ring (bicyclic) bond motifs is 1. The molecule has 3 aromatic rings. The van der Waals surface area contributed by atoms with Crippen LogP contribution >= 0.6 is 12.4 Å². The Morgan fingerprint density at radius 3 is 2.64 bits per heavy atom. The molecule has 25 heavy (non-hydrogen) atoms. The van der Waals surface area contributed by atoms with E-state index < -0.39 is 5.97 Å². The molecule has 6 heteroatoms. The molecule has 1 heterocycles. The SMILES string of the molecule is CCOC(=O)c1cc2cc(C(N)=NCc3ccccc3)ccc2o1.Cl. The number of halogens is 1. The van der Waals surface area contributed by atoms with Gasteiger partial charge >= 0.3 is 5.97 Å². The van der Waals surface area contributed by atoms with Crippen molar-refractivity contribution in [2.24, 2.45) is 10.7 Å². The summed E-state index contributed by atoms with van der Waals surface area (Å²) in [7, 11) is 0. The molecule has 0 saturated heterocycles. The normalized spacial score (nSPS) is 11.2. The molecule has 3 rings (SSSR count). The van der Waals surface area contributed by atoms with Crippen molar-refractivity contribution in [2.75, 3.05) is 6.61 Å². The lowest BCUT2D eigenvalue weighted by Gasteiger charge is -2.02. The van der Waals surface area contributed by atoms with E-state index in [1.54, 1.807) is 19.1 Å². The number of amidine groups is 1. The molecule has 0 atom stereocenters. The number of nitrogens with zero attached hydrogens (tertiary/aromatic N) is 1. The lowest BCUT2D eigenvalue weighted by Crippen LogP contribution is -2.13. The summed E-state index contributed by atoms with van der Waals surface area (Å²) in [5.41, 5.74) is 8.56. The summed E-state index contributed by atoms with van der Waals surface area (Å²) in [6.45, 7) is 2.58. The first-order chi connectivity index (χ1) is 11.7. The highest BCUT2D eigenvalue weighted by Gasteiger charge is 2.13. The lowest BCUT2D eigenvalue weighted by molar-refractivity contribution is 0.0492. The van der Waals surface area contributed by atoms with Gasteiger partial charge in [0.25, 0.3) is 0 Å². The number of nitrogens with two attached hydrogens (primary N) is 1. The number of carbonyl (C=O) groups is 1. The van der Waals surface area contributed by atoms with Crippen LogP contribution in [0.5, 0.6) is 0 Å². The quantitative estimate of drug-likeness (QED) is 0.425. The first-order valence-corrected chi connectivity index (χ1v) is 7.72. The molecule has 2 aromatic carbocycles. The van der Waals surface area contributed by atoms with E-state index in [2.05, 4.69) is 4.99 Å². The number of ether oxygens (including phenoxy) is 1. The molecule has 0 fully saturated rings. The summed E-state index contributed by atoms with van der Waals surface area (Å²) in [6.07, 6.45) is 0. The predicted molar refractivity (Wildman–Crippen MR) is 100 cm³/mol. The zero-order valence-corrected chi connectivity index (χ0v) is 14.6. The van der Waals surface area contributed by atoms with E-state index >= 15 is 0 Å². The van der Waals surface area contributed by atoms with Crippen molar-refractivity contribution in [3.8, 4) is 0 Å². The molecule has 2 N–H and O–H groups in total. The van der Waals surface area contributed by atoms with Gasteiger partial charge in [-0.1, -0.05) is 30.3 Å². The minimum atomic E-state index is -0.471. The van der Waals surface area contributed by atoms with Gasteiger partial charge in [0.1, 0.15) is 11.4 Å². The van der Waals surface area contributed by atoms with Gasteiger partial charge in [0.15, 0.2) is 0 Å². The Balaban J connectivity index is 0.00000225. The van der Waals surface area contributed by atoms with Gasteiger partial charge in [0.2, 0.25) is 5.76 Å². The van der Waals surface area contributed by atoms with Crippen molar-refractivity contribution in [3.63, 3.8) is 0 Å².